The van der Waals surface area contributed by atoms with E-state index in [-0.39, 0.29) is 12.0 Å². The topological polar surface area (TPSA) is 63.2 Å². The first-order chi connectivity index (χ1) is 11.5. The average molecular weight is 327 g/mol. The molecule has 128 valence electrons. The minimum atomic E-state index is -0.259. The van der Waals surface area contributed by atoms with Crippen LogP contribution in [0.15, 0.2) is 42.6 Å². The van der Waals surface area contributed by atoms with Crippen molar-refractivity contribution in [1.29, 1.82) is 0 Å². The Morgan fingerprint density at radius 3 is 2.50 bits per heavy atom. The van der Waals surface area contributed by atoms with Crippen molar-refractivity contribution in [2.24, 2.45) is 5.92 Å². The molecule has 0 radical (unpaired) electrons. The van der Waals surface area contributed by atoms with Gasteiger partial charge in [-0.15, -0.1) is 0 Å². The second kappa shape index (κ2) is 8.34. The highest BCUT2D eigenvalue weighted by atomic mass is 16.5. The van der Waals surface area contributed by atoms with Crippen LogP contribution < -0.4 is 15.4 Å². The zero-order valence-corrected chi connectivity index (χ0v) is 14.7. The standard InChI is InChI=1S/C19H25N3O2/c1-13(2)11-20-15-9-10-17(21-12-15)19(23)22-16-7-5-6-8-18(16)24-14(3)4/h5-10,12-14,20H,11H2,1-4H3,(H,22,23). The van der Waals surface area contributed by atoms with Gasteiger partial charge in [-0.05, 0) is 44.0 Å². The summed E-state index contributed by atoms with van der Waals surface area (Å²) in [7, 11) is 0. The molecule has 0 bridgehead atoms. The number of benzene rings is 1. The maximum absolute atomic E-state index is 12.4. The van der Waals surface area contributed by atoms with Crippen molar-refractivity contribution in [3.63, 3.8) is 0 Å². The molecule has 5 heteroatoms. The SMILES string of the molecule is CC(C)CNc1ccc(C(=O)Nc2ccccc2OC(C)C)nc1. The largest absolute Gasteiger partial charge is 0.489 e. The number of carbonyl (C=O) groups excluding carboxylic acids is 1. The number of carbonyl (C=O) groups is 1. The molecule has 5 nitrogen and oxygen atoms in total. The summed E-state index contributed by atoms with van der Waals surface area (Å²) in [6.45, 7) is 9.04. The Bertz CT molecular complexity index is 667. The molecule has 2 N–H and O–H groups in total. The van der Waals surface area contributed by atoms with E-state index < -0.39 is 0 Å². The molecule has 1 aromatic heterocycles. The van der Waals surface area contributed by atoms with Crippen molar-refractivity contribution in [2.45, 2.75) is 33.8 Å². The number of hydrogen-bond donors (Lipinski definition) is 2. The second-order valence-corrected chi connectivity index (χ2v) is 6.32. The van der Waals surface area contributed by atoms with E-state index in [4.69, 9.17) is 4.74 Å². The molecule has 0 unspecified atom stereocenters. The van der Waals surface area contributed by atoms with Gasteiger partial charge in [-0.1, -0.05) is 26.0 Å². The smallest absolute Gasteiger partial charge is 0.274 e. The van der Waals surface area contributed by atoms with Crippen LogP contribution in [-0.2, 0) is 0 Å². The predicted octanol–water partition coefficient (Wildman–Crippen LogP) is 4.19. The Morgan fingerprint density at radius 2 is 1.88 bits per heavy atom. The minimum Gasteiger partial charge on any atom is -0.489 e. The number of para-hydroxylation sites is 2. The van der Waals surface area contributed by atoms with Crippen molar-refractivity contribution in [2.75, 3.05) is 17.2 Å². The number of ether oxygens (including phenoxy) is 1. The first kappa shape index (κ1) is 17.8. The molecule has 0 fully saturated rings. The zero-order chi connectivity index (χ0) is 17.5. The van der Waals surface area contributed by atoms with Crippen molar-refractivity contribution >= 4 is 17.3 Å². The first-order valence-electron chi connectivity index (χ1n) is 8.22. The van der Waals surface area contributed by atoms with E-state index in [0.717, 1.165) is 12.2 Å². The summed E-state index contributed by atoms with van der Waals surface area (Å²) in [6, 6.07) is 11.0. The second-order valence-electron chi connectivity index (χ2n) is 6.32. The van der Waals surface area contributed by atoms with Gasteiger partial charge in [0, 0.05) is 6.54 Å². The Morgan fingerprint density at radius 1 is 1.12 bits per heavy atom. The highest BCUT2D eigenvalue weighted by molar-refractivity contribution is 6.03. The van der Waals surface area contributed by atoms with Crippen LogP contribution >= 0.6 is 0 Å². The van der Waals surface area contributed by atoms with Gasteiger partial charge in [0.2, 0.25) is 0 Å². The van der Waals surface area contributed by atoms with E-state index in [1.165, 1.54) is 0 Å². The number of anilines is 2. The molecule has 0 aliphatic carbocycles. The highest BCUT2D eigenvalue weighted by Gasteiger charge is 2.11. The summed E-state index contributed by atoms with van der Waals surface area (Å²) < 4.78 is 5.71. The normalized spacial score (nSPS) is 10.8. The van der Waals surface area contributed by atoms with Crippen LogP contribution in [0, 0.1) is 5.92 Å². The molecular formula is C19H25N3O2. The number of aromatic nitrogens is 1. The van der Waals surface area contributed by atoms with Crippen molar-refractivity contribution in [3.8, 4) is 5.75 Å². The van der Waals surface area contributed by atoms with Crippen LogP contribution in [0.4, 0.5) is 11.4 Å². The fourth-order valence-corrected chi connectivity index (χ4v) is 2.07. The summed E-state index contributed by atoms with van der Waals surface area (Å²) in [5.41, 5.74) is 1.91. The van der Waals surface area contributed by atoms with E-state index in [9.17, 15) is 4.79 Å². The fourth-order valence-electron chi connectivity index (χ4n) is 2.07. The lowest BCUT2D eigenvalue weighted by Crippen LogP contribution is -2.16. The molecule has 0 saturated heterocycles. The Kier molecular flexibility index (Phi) is 6.18. The molecule has 2 rings (SSSR count). The van der Waals surface area contributed by atoms with Gasteiger partial charge in [0.1, 0.15) is 11.4 Å². The average Bonchev–Trinajstić information content (AvgIpc) is 2.54. The third-order valence-corrected chi connectivity index (χ3v) is 3.21. The number of amides is 1. The van der Waals surface area contributed by atoms with Gasteiger partial charge in [-0.2, -0.15) is 0 Å². The number of pyridine rings is 1. The van der Waals surface area contributed by atoms with Crippen LogP contribution in [-0.4, -0.2) is 23.5 Å². The summed E-state index contributed by atoms with van der Waals surface area (Å²) in [4.78, 5) is 16.6. The van der Waals surface area contributed by atoms with E-state index in [1.54, 1.807) is 12.3 Å². The van der Waals surface area contributed by atoms with Gasteiger partial charge >= 0.3 is 0 Å². The minimum absolute atomic E-state index is 0.0347. The Hall–Kier alpha value is -2.56. The number of rotatable bonds is 7. The van der Waals surface area contributed by atoms with Gasteiger partial charge in [0.05, 0.1) is 23.7 Å². The van der Waals surface area contributed by atoms with Crippen LogP contribution in [0.2, 0.25) is 0 Å². The molecule has 0 saturated carbocycles. The molecule has 0 atom stereocenters. The lowest BCUT2D eigenvalue weighted by Gasteiger charge is -2.14. The third-order valence-electron chi connectivity index (χ3n) is 3.21. The van der Waals surface area contributed by atoms with E-state index in [1.807, 2.05) is 44.2 Å². The fraction of sp³-hybridized carbons (Fsp3) is 0.368. The van der Waals surface area contributed by atoms with Crippen LogP contribution in [0.25, 0.3) is 0 Å². The number of nitrogens with one attached hydrogen (secondary N) is 2. The first-order valence-corrected chi connectivity index (χ1v) is 8.22. The molecule has 2 aromatic rings. The van der Waals surface area contributed by atoms with Gasteiger partial charge in [0.15, 0.2) is 0 Å². The molecule has 0 aliphatic rings. The Labute approximate surface area is 143 Å². The van der Waals surface area contributed by atoms with Crippen LogP contribution in [0.5, 0.6) is 5.75 Å². The van der Waals surface area contributed by atoms with Crippen molar-refractivity contribution in [3.05, 3.63) is 48.3 Å². The monoisotopic (exact) mass is 327 g/mol. The Balaban J connectivity index is 2.05. The molecule has 0 aliphatic heterocycles. The van der Waals surface area contributed by atoms with E-state index in [2.05, 4.69) is 29.5 Å². The van der Waals surface area contributed by atoms with Gasteiger partial charge < -0.3 is 15.4 Å². The maximum Gasteiger partial charge on any atom is 0.274 e. The van der Waals surface area contributed by atoms with Gasteiger partial charge in [0.25, 0.3) is 5.91 Å². The highest BCUT2D eigenvalue weighted by Crippen LogP contribution is 2.25. The summed E-state index contributed by atoms with van der Waals surface area (Å²) in [5.74, 6) is 0.937. The lowest BCUT2D eigenvalue weighted by molar-refractivity contribution is 0.102. The van der Waals surface area contributed by atoms with Gasteiger partial charge in [-0.3, -0.25) is 4.79 Å². The van der Waals surface area contributed by atoms with E-state index in [0.29, 0.717) is 23.0 Å². The zero-order valence-electron chi connectivity index (χ0n) is 14.7. The third kappa shape index (κ3) is 5.26. The molecular weight excluding hydrogens is 302 g/mol. The summed E-state index contributed by atoms with van der Waals surface area (Å²) in [5, 5.41) is 6.13. The molecule has 0 spiro atoms. The van der Waals surface area contributed by atoms with Crippen LogP contribution in [0.1, 0.15) is 38.2 Å². The summed E-state index contributed by atoms with van der Waals surface area (Å²) >= 11 is 0. The molecule has 1 heterocycles. The lowest BCUT2D eigenvalue weighted by atomic mass is 10.2. The quantitative estimate of drug-likeness (QED) is 0.800. The van der Waals surface area contributed by atoms with Crippen molar-refractivity contribution in [1.82, 2.24) is 4.98 Å². The number of hydrogen-bond acceptors (Lipinski definition) is 4. The van der Waals surface area contributed by atoms with Gasteiger partial charge in [-0.25, -0.2) is 4.98 Å². The maximum atomic E-state index is 12.4. The summed E-state index contributed by atoms with van der Waals surface area (Å²) in [6.07, 6.45) is 1.71. The van der Waals surface area contributed by atoms with Crippen molar-refractivity contribution < 1.29 is 9.53 Å². The molecule has 24 heavy (non-hydrogen) atoms. The molecule has 1 aromatic carbocycles. The molecule has 1 amide bonds. The van der Waals surface area contributed by atoms with Crippen LogP contribution in [0.3, 0.4) is 0 Å². The van der Waals surface area contributed by atoms with E-state index >= 15 is 0 Å². The predicted molar refractivity (Wildman–Crippen MR) is 97.7 cm³/mol. The number of nitrogens with zero attached hydrogens (tertiary/aromatic N) is 1.